The van der Waals surface area contributed by atoms with Crippen molar-refractivity contribution in [3.05, 3.63) is 29.7 Å². The van der Waals surface area contributed by atoms with Crippen LogP contribution in [0.25, 0.3) is 0 Å². The number of nitrogens with one attached hydrogen (secondary N) is 2. The van der Waals surface area contributed by atoms with Gasteiger partial charge in [-0.25, -0.2) is 9.97 Å². The van der Waals surface area contributed by atoms with Crippen LogP contribution in [0, 0.1) is 6.92 Å². The normalized spacial score (nSPS) is 10.4. The Balaban J connectivity index is 1.99. The van der Waals surface area contributed by atoms with E-state index in [9.17, 15) is 0 Å². The van der Waals surface area contributed by atoms with Gasteiger partial charge in [0.25, 0.3) is 0 Å². The van der Waals surface area contributed by atoms with Crippen molar-refractivity contribution in [1.29, 1.82) is 0 Å². The maximum absolute atomic E-state index is 4.42. The average molecular weight is 235 g/mol. The summed E-state index contributed by atoms with van der Waals surface area (Å²) in [7, 11) is 1.86. The van der Waals surface area contributed by atoms with Crippen molar-refractivity contribution in [1.82, 2.24) is 20.2 Å². The van der Waals surface area contributed by atoms with Crippen molar-refractivity contribution in [2.75, 3.05) is 12.4 Å². The summed E-state index contributed by atoms with van der Waals surface area (Å²) >= 11 is 1.57. The molecule has 0 aliphatic carbocycles. The summed E-state index contributed by atoms with van der Waals surface area (Å²) in [4.78, 5) is 8.64. The molecule has 2 rings (SSSR count). The van der Waals surface area contributed by atoms with E-state index in [1.165, 1.54) is 0 Å². The Morgan fingerprint density at radius 1 is 1.38 bits per heavy atom. The zero-order valence-electron chi connectivity index (χ0n) is 9.19. The number of nitrogens with zero attached hydrogens (tertiary/aromatic N) is 3. The second kappa shape index (κ2) is 4.98. The van der Waals surface area contributed by atoms with Crippen LogP contribution in [0.3, 0.4) is 0 Å². The van der Waals surface area contributed by atoms with Gasteiger partial charge in [0.05, 0.1) is 5.69 Å². The van der Waals surface area contributed by atoms with E-state index in [-0.39, 0.29) is 0 Å². The molecule has 0 saturated heterocycles. The van der Waals surface area contributed by atoms with Gasteiger partial charge in [0.15, 0.2) is 0 Å². The fraction of sp³-hybridized carbons (Fsp3) is 0.300. The molecule has 2 heterocycles. The Morgan fingerprint density at radius 2 is 2.25 bits per heavy atom. The van der Waals surface area contributed by atoms with Crippen molar-refractivity contribution in [3.63, 3.8) is 0 Å². The third kappa shape index (κ3) is 2.73. The maximum atomic E-state index is 4.42. The van der Waals surface area contributed by atoms with Crippen LogP contribution in [-0.4, -0.2) is 27.2 Å². The lowest BCUT2D eigenvalue weighted by atomic mass is 10.4. The van der Waals surface area contributed by atoms with E-state index in [1.807, 2.05) is 32.2 Å². The monoisotopic (exact) mass is 235 g/mol. The lowest BCUT2D eigenvalue weighted by molar-refractivity contribution is 0.968. The van der Waals surface area contributed by atoms with Crippen molar-refractivity contribution < 1.29 is 0 Å². The third-order valence-corrected chi connectivity index (χ3v) is 2.87. The second-order valence-electron chi connectivity index (χ2n) is 3.26. The molecule has 2 N–H and O–H groups in total. The molecule has 0 saturated carbocycles. The van der Waals surface area contributed by atoms with Crippen LogP contribution in [0.4, 0.5) is 5.82 Å². The van der Waals surface area contributed by atoms with Gasteiger partial charge in [-0.2, -0.15) is 0 Å². The highest BCUT2D eigenvalue weighted by atomic mass is 32.2. The van der Waals surface area contributed by atoms with Gasteiger partial charge in [-0.15, -0.1) is 5.10 Å². The highest BCUT2D eigenvalue weighted by molar-refractivity contribution is 7.98. The molecule has 0 unspecified atom stereocenters. The van der Waals surface area contributed by atoms with E-state index in [0.29, 0.717) is 0 Å². The van der Waals surface area contributed by atoms with Gasteiger partial charge in [0.2, 0.25) is 5.16 Å². The maximum Gasteiger partial charge on any atom is 0.208 e. The SMILES string of the molecule is CNc1cccc(CSc2n[nH]c(C)n2)n1. The number of hydrogen-bond donors (Lipinski definition) is 2. The molecule has 2 aromatic heterocycles. The Morgan fingerprint density at radius 3 is 2.94 bits per heavy atom. The fourth-order valence-corrected chi connectivity index (χ4v) is 1.97. The number of pyridine rings is 1. The Bertz CT molecular complexity index is 468. The predicted molar refractivity (Wildman–Crippen MR) is 64.5 cm³/mol. The fourth-order valence-electron chi connectivity index (χ4n) is 1.22. The van der Waals surface area contributed by atoms with E-state index in [1.54, 1.807) is 11.8 Å². The molecular weight excluding hydrogens is 222 g/mol. The first kappa shape index (κ1) is 10.9. The number of anilines is 1. The molecule has 0 bridgehead atoms. The molecule has 0 aromatic carbocycles. The first-order valence-electron chi connectivity index (χ1n) is 4.93. The van der Waals surface area contributed by atoms with Crippen molar-refractivity contribution in [2.24, 2.45) is 0 Å². The molecule has 0 spiro atoms. The van der Waals surface area contributed by atoms with E-state index in [4.69, 9.17) is 0 Å². The number of hydrogen-bond acceptors (Lipinski definition) is 5. The smallest absolute Gasteiger partial charge is 0.208 e. The number of aryl methyl sites for hydroxylation is 1. The van der Waals surface area contributed by atoms with Crippen molar-refractivity contribution in [2.45, 2.75) is 17.8 Å². The Hall–Kier alpha value is -1.56. The van der Waals surface area contributed by atoms with Crippen LogP contribution in [0.2, 0.25) is 0 Å². The molecule has 16 heavy (non-hydrogen) atoms. The standard InChI is InChI=1S/C10H13N5S/c1-7-12-10(15-14-7)16-6-8-4-3-5-9(11-2)13-8/h3-5H,6H2,1-2H3,(H,11,13)(H,12,14,15). The average Bonchev–Trinajstić information content (AvgIpc) is 2.73. The van der Waals surface area contributed by atoms with E-state index in [2.05, 4.69) is 25.5 Å². The van der Waals surface area contributed by atoms with Gasteiger partial charge >= 0.3 is 0 Å². The van der Waals surface area contributed by atoms with Gasteiger partial charge < -0.3 is 5.32 Å². The van der Waals surface area contributed by atoms with E-state index in [0.717, 1.165) is 28.2 Å². The number of rotatable bonds is 4. The molecular formula is C10H13N5S. The van der Waals surface area contributed by atoms with Crippen LogP contribution < -0.4 is 5.32 Å². The molecule has 84 valence electrons. The van der Waals surface area contributed by atoms with Gasteiger partial charge in [-0.3, -0.25) is 5.10 Å². The minimum absolute atomic E-state index is 0.758. The van der Waals surface area contributed by atoms with Crippen LogP contribution in [0.15, 0.2) is 23.4 Å². The number of H-pyrrole nitrogens is 1. The van der Waals surface area contributed by atoms with Gasteiger partial charge in [-0.05, 0) is 19.1 Å². The molecule has 2 aromatic rings. The highest BCUT2D eigenvalue weighted by Crippen LogP contribution is 2.18. The topological polar surface area (TPSA) is 66.5 Å². The van der Waals surface area contributed by atoms with E-state index < -0.39 is 0 Å². The molecule has 0 amide bonds. The quantitative estimate of drug-likeness (QED) is 0.792. The van der Waals surface area contributed by atoms with Crippen LogP contribution in [0.1, 0.15) is 11.5 Å². The van der Waals surface area contributed by atoms with Gasteiger partial charge in [-0.1, -0.05) is 17.8 Å². The molecule has 5 nitrogen and oxygen atoms in total. The van der Waals surface area contributed by atoms with Gasteiger partial charge in [0, 0.05) is 12.8 Å². The molecule has 0 fully saturated rings. The molecule has 0 radical (unpaired) electrons. The molecule has 6 heteroatoms. The minimum atomic E-state index is 0.758. The number of aromatic amines is 1. The zero-order valence-corrected chi connectivity index (χ0v) is 10.0. The predicted octanol–water partition coefficient (Wildman–Crippen LogP) is 1.84. The summed E-state index contributed by atoms with van der Waals surface area (Å²) in [6, 6.07) is 5.91. The number of aromatic nitrogens is 4. The first-order valence-corrected chi connectivity index (χ1v) is 5.92. The van der Waals surface area contributed by atoms with Crippen LogP contribution >= 0.6 is 11.8 Å². The summed E-state index contributed by atoms with van der Waals surface area (Å²) in [6.45, 7) is 1.89. The van der Waals surface area contributed by atoms with Crippen molar-refractivity contribution >= 4 is 17.6 Å². The highest BCUT2D eigenvalue weighted by Gasteiger charge is 2.02. The van der Waals surface area contributed by atoms with Crippen LogP contribution in [0.5, 0.6) is 0 Å². The summed E-state index contributed by atoms with van der Waals surface area (Å²) in [5, 5.41) is 10.6. The minimum Gasteiger partial charge on any atom is -0.373 e. The zero-order chi connectivity index (χ0) is 11.4. The molecule has 0 atom stereocenters. The first-order chi connectivity index (χ1) is 7.78. The lowest BCUT2D eigenvalue weighted by Gasteiger charge is -2.01. The summed E-state index contributed by atoms with van der Waals surface area (Å²) in [6.07, 6.45) is 0. The van der Waals surface area contributed by atoms with Crippen LogP contribution in [-0.2, 0) is 5.75 Å². The number of thioether (sulfide) groups is 1. The molecule has 0 aliphatic heterocycles. The van der Waals surface area contributed by atoms with Crippen molar-refractivity contribution in [3.8, 4) is 0 Å². The van der Waals surface area contributed by atoms with Gasteiger partial charge in [0.1, 0.15) is 11.6 Å². The third-order valence-electron chi connectivity index (χ3n) is 1.99. The summed E-state index contributed by atoms with van der Waals surface area (Å²) < 4.78 is 0. The largest absolute Gasteiger partial charge is 0.373 e. The summed E-state index contributed by atoms with van der Waals surface area (Å²) in [5.41, 5.74) is 1.01. The summed E-state index contributed by atoms with van der Waals surface area (Å²) in [5.74, 6) is 2.48. The lowest BCUT2D eigenvalue weighted by Crippen LogP contribution is -1.94. The molecule has 0 aliphatic rings. The Kier molecular flexibility index (Phi) is 3.40. The van der Waals surface area contributed by atoms with E-state index >= 15 is 0 Å². The Labute approximate surface area is 98.1 Å². The second-order valence-corrected chi connectivity index (χ2v) is 4.20.